The zero-order chi connectivity index (χ0) is 10.2. The molecular weight excluding hydrogens is 254 g/mol. The first-order valence-electron chi connectivity index (χ1n) is 2.54. The molecule has 0 bridgehead atoms. The first-order chi connectivity index (χ1) is 5.07. The first-order valence-corrected chi connectivity index (χ1v) is 7.61. The van der Waals surface area contributed by atoms with Crippen molar-refractivity contribution in [3.63, 3.8) is 0 Å². The molecule has 0 heterocycles. The summed E-state index contributed by atoms with van der Waals surface area (Å²) in [6.45, 7) is -10.3. The van der Waals surface area contributed by atoms with Crippen molar-refractivity contribution in [2.75, 3.05) is 14.1 Å². The van der Waals surface area contributed by atoms with Gasteiger partial charge in [-0.3, -0.25) is 0 Å². The molecule has 0 amide bonds. The van der Waals surface area contributed by atoms with Gasteiger partial charge in [-0.25, -0.2) is 5.01 Å². The Morgan fingerprint density at radius 2 is 1.17 bits per heavy atom. The van der Waals surface area contributed by atoms with Crippen LogP contribution in [0.5, 0.6) is 0 Å². The Balaban J connectivity index is 4.97. The summed E-state index contributed by atoms with van der Waals surface area (Å²) in [5, 5.41) is 0.557. The second kappa shape index (κ2) is 3.98. The molecule has 0 N–H and O–H groups in total. The van der Waals surface area contributed by atoms with Crippen LogP contribution in [0, 0.1) is 0 Å². The highest BCUT2D eigenvalue weighted by Crippen LogP contribution is 2.70. The first kappa shape index (κ1) is 12.9. The van der Waals surface area contributed by atoms with Crippen molar-refractivity contribution in [3.05, 3.63) is 0 Å². The molecule has 0 saturated heterocycles. The fourth-order valence-corrected chi connectivity index (χ4v) is 5.28. The molecule has 0 aliphatic carbocycles. The lowest BCUT2D eigenvalue weighted by molar-refractivity contribution is 0.208. The number of hydrazine groups is 1. The van der Waals surface area contributed by atoms with Crippen molar-refractivity contribution in [3.8, 4) is 0 Å². The number of hydrogen-bond donors (Lipinski definition) is 0. The van der Waals surface area contributed by atoms with E-state index < -0.39 is 18.2 Å². The Morgan fingerprint density at radius 1 is 0.917 bits per heavy atom. The summed E-state index contributed by atoms with van der Waals surface area (Å²) in [5.41, 5.74) is 0. The van der Waals surface area contributed by atoms with Crippen molar-refractivity contribution < 1.29 is 16.8 Å². The third-order valence-corrected chi connectivity index (χ3v) is 5.33. The van der Waals surface area contributed by atoms with Crippen molar-refractivity contribution in [2.45, 2.75) is 0 Å². The van der Waals surface area contributed by atoms with Gasteiger partial charge in [0.15, 0.2) is 0 Å². The van der Waals surface area contributed by atoms with Gasteiger partial charge < -0.3 is 0 Å². The summed E-state index contributed by atoms with van der Waals surface area (Å²) in [5.74, 6) is 0. The average molecular weight is 260 g/mol. The average Bonchev–Trinajstić information content (AvgIpc) is 1.49. The molecule has 0 aromatic carbocycles. The predicted octanol–water partition coefficient (Wildman–Crippen LogP) is 3.09. The van der Waals surface area contributed by atoms with Crippen molar-refractivity contribution in [1.82, 2.24) is 9.56 Å². The maximum absolute atomic E-state index is 12.4. The highest BCUT2D eigenvalue weighted by Gasteiger charge is 2.40. The fourth-order valence-electron chi connectivity index (χ4n) is 0.538. The standard InChI is InChI=1S/C2H6F4N2P2S2/c1-7(2)8(9(3,4)11)10(5,6)12/h1-2H3. The van der Waals surface area contributed by atoms with Gasteiger partial charge in [0.1, 0.15) is 0 Å². The Kier molecular flexibility index (Phi) is 4.30. The minimum absolute atomic E-state index is 0.440. The Bertz CT molecular complexity index is 223. The molecule has 0 aromatic rings. The fraction of sp³-hybridized carbons (Fsp3) is 1.00. The summed E-state index contributed by atoms with van der Waals surface area (Å²) in [6, 6.07) is 0. The maximum Gasteiger partial charge on any atom is 0.363 e. The summed E-state index contributed by atoms with van der Waals surface area (Å²) in [4.78, 5) is 0. The summed E-state index contributed by atoms with van der Waals surface area (Å²) < 4.78 is 49.3. The van der Waals surface area contributed by atoms with Crippen molar-refractivity contribution in [1.29, 1.82) is 0 Å². The molecule has 0 saturated carbocycles. The molecule has 0 aliphatic heterocycles. The zero-order valence-electron chi connectivity index (χ0n) is 6.12. The van der Waals surface area contributed by atoms with Crippen LogP contribution in [0.15, 0.2) is 0 Å². The van der Waals surface area contributed by atoms with Crippen LogP contribution in [0.2, 0.25) is 0 Å². The summed E-state index contributed by atoms with van der Waals surface area (Å²) in [6.07, 6.45) is 0. The SMILES string of the molecule is CN(C)N(P(F)(F)=S)P(F)(F)=S. The van der Waals surface area contributed by atoms with Gasteiger partial charge in [-0.2, -0.15) is 16.8 Å². The van der Waals surface area contributed by atoms with E-state index in [0.29, 0.717) is 5.01 Å². The second-order valence-corrected chi connectivity index (χ2v) is 7.43. The van der Waals surface area contributed by atoms with Crippen LogP contribution in [0.3, 0.4) is 0 Å². The maximum atomic E-state index is 12.4. The van der Waals surface area contributed by atoms with E-state index in [9.17, 15) is 16.8 Å². The molecule has 10 heteroatoms. The van der Waals surface area contributed by atoms with Crippen molar-refractivity contribution in [2.24, 2.45) is 0 Å². The molecule has 0 aromatic heterocycles. The lowest BCUT2D eigenvalue weighted by Gasteiger charge is -2.28. The zero-order valence-corrected chi connectivity index (χ0v) is 9.54. The third-order valence-electron chi connectivity index (χ3n) is 0.774. The topological polar surface area (TPSA) is 6.48 Å². The molecule has 0 atom stereocenters. The van der Waals surface area contributed by atoms with E-state index in [0.717, 1.165) is 14.1 Å². The number of halogens is 4. The Morgan fingerprint density at radius 3 is 1.17 bits per heavy atom. The molecule has 2 nitrogen and oxygen atoms in total. The van der Waals surface area contributed by atoms with Crippen LogP contribution in [-0.4, -0.2) is 23.7 Å². The molecular formula is C2H6F4N2P2S2. The van der Waals surface area contributed by atoms with E-state index in [1.165, 1.54) is 0 Å². The lowest BCUT2D eigenvalue weighted by atomic mass is 11.2. The van der Waals surface area contributed by atoms with Crippen LogP contribution >= 0.6 is 13.6 Å². The van der Waals surface area contributed by atoms with Crippen LogP contribution in [-0.2, 0) is 23.6 Å². The number of nitrogens with zero attached hydrogens (tertiary/aromatic N) is 2. The van der Waals surface area contributed by atoms with Crippen LogP contribution < -0.4 is 0 Å². The van der Waals surface area contributed by atoms with E-state index >= 15 is 0 Å². The van der Waals surface area contributed by atoms with Gasteiger partial charge in [0, 0.05) is 14.1 Å². The Labute approximate surface area is 78.1 Å². The highest BCUT2D eigenvalue weighted by atomic mass is 32.5. The van der Waals surface area contributed by atoms with Gasteiger partial charge in [0.05, 0.1) is 0 Å². The van der Waals surface area contributed by atoms with Gasteiger partial charge in [-0.15, -0.1) is 0 Å². The van der Waals surface area contributed by atoms with E-state index in [4.69, 9.17) is 0 Å². The second-order valence-electron chi connectivity index (χ2n) is 1.99. The van der Waals surface area contributed by atoms with Gasteiger partial charge in [0.25, 0.3) is 0 Å². The number of rotatable bonds is 3. The third kappa shape index (κ3) is 3.77. The monoisotopic (exact) mass is 260 g/mol. The van der Waals surface area contributed by atoms with E-state index in [1.54, 1.807) is 0 Å². The van der Waals surface area contributed by atoms with Crippen LogP contribution in [0.4, 0.5) is 16.8 Å². The van der Waals surface area contributed by atoms with E-state index in [-0.39, 0.29) is 0 Å². The minimum Gasteiger partial charge on any atom is -0.231 e. The van der Waals surface area contributed by atoms with Gasteiger partial charge in [-0.1, -0.05) is 4.55 Å². The van der Waals surface area contributed by atoms with Crippen molar-refractivity contribution >= 4 is 37.2 Å². The Hall–Kier alpha value is 0.940. The molecule has 0 radical (unpaired) electrons. The summed E-state index contributed by atoms with van der Waals surface area (Å²) >= 11 is 7.35. The lowest BCUT2D eigenvalue weighted by Crippen LogP contribution is -2.26. The molecule has 0 rings (SSSR count). The van der Waals surface area contributed by atoms with Gasteiger partial charge in [-0.05, 0) is 23.6 Å². The largest absolute Gasteiger partial charge is 0.363 e. The smallest absolute Gasteiger partial charge is 0.231 e. The molecule has 0 fully saturated rings. The van der Waals surface area contributed by atoms with E-state index in [2.05, 4.69) is 23.6 Å². The minimum atomic E-state index is -5.17. The van der Waals surface area contributed by atoms with Crippen LogP contribution in [0.1, 0.15) is 0 Å². The predicted molar refractivity (Wildman–Crippen MR) is 48.5 cm³/mol. The molecule has 12 heavy (non-hydrogen) atoms. The number of hydrogen-bond acceptors (Lipinski definition) is 3. The van der Waals surface area contributed by atoms with Gasteiger partial charge >= 0.3 is 13.6 Å². The normalized spacial score (nSPS) is 14.3. The molecule has 0 spiro atoms. The summed E-state index contributed by atoms with van der Waals surface area (Å²) in [7, 11) is 2.11. The quantitative estimate of drug-likeness (QED) is 0.437. The molecule has 0 unspecified atom stereocenters. The molecule has 74 valence electrons. The van der Waals surface area contributed by atoms with Crippen LogP contribution in [0.25, 0.3) is 0 Å². The van der Waals surface area contributed by atoms with E-state index in [1.807, 2.05) is 0 Å². The molecule has 0 aliphatic rings. The highest BCUT2D eigenvalue weighted by molar-refractivity contribution is 8.16. The van der Waals surface area contributed by atoms with Gasteiger partial charge in [0.2, 0.25) is 0 Å².